The molecule has 1 aromatic carbocycles. The highest BCUT2D eigenvalue weighted by Gasteiger charge is 2.37. The first-order valence-electron chi connectivity index (χ1n) is 4.29. The molecule has 16 heavy (non-hydrogen) atoms. The largest absolute Gasteiger partial charge is 0.418 e. The van der Waals surface area contributed by atoms with Gasteiger partial charge in [0, 0.05) is 9.13 Å². The molecular formula is C10H7BrF3IO. The number of ketones is 1. The molecule has 0 aromatic heterocycles. The molecule has 1 atom stereocenters. The van der Waals surface area contributed by atoms with Gasteiger partial charge in [-0.05, 0) is 35.6 Å². The summed E-state index contributed by atoms with van der Waals surface area (Å²) in [5.41, 5.74) is -1.14. The van der Waals surface area contributed by atoms with Gasteiger partial charge in [0.05, 0.1) is 10.4 Å². The predicted octanol–water partition coefficient (Wildman–Crippen LogP) is 4.28. The number of benzene rings is 1. The summed E-state index contributed by atoms with van der Waals surface area (Å²) in [4.78, 5) is 11.0. The topological polar surface area (TPSA) is 17.1 Å². The summed E-state index contributed by atoms with van der Waals surface area (Å²) in [5.74, 6) is -0.564. The lowest BCUT2D eigenvalue weighted by Crippen LogP contribution is -2.19. The lowest BCUT2D eigenvalue weighted by molar-refractivity contribution is -0.138. The Labute approximate surface area is 113 Å². The van der Waals surface area contributed by atoms with Crippen LogP contribution in [0.25, 0.3) is 0 Å². The highest BCUT2D eigenvalue weighted by molar-refractivity contribution is 14.1. The molecule has 1 nitrogen and oxygen atoms in total. The SMILES string of the molecule is CC(Br)C(=O)c1cccc(I)c1C(F)(F)F. The molecule has 0 aliphatic rings. The number of rotatable bonds is 2. The van der Waals surface area contributed by atoms with E-state index < -0.39 is 22.4 Å². The maximum absolute atomic E-state index is 12.8. The van der Waals surface area contributed by atoms with Crippen molar-refractivity contribution in [3.63, 3.8) is 0 Å². The van der Waals surface area contributed by atoms with Crippen molar-refractivity contribution in [2.45, 2.75) is 17.9 Å². The zero-order valence-corrected chi connectivity index (χ0v) is 11.9. The zero-order chi connectivity index (χ0) is 12.5. The fraction of sp³-hybridized carbons (Fsp3) is 0.300. The Bertz CT molecular complexity index is 415. The summed E-state index contributed by atoms with van der Waals surface area (Å²) in [5, 5.41) is 0. The van der Waals surface area contributed by atoms with E-state index in [1.165, 1.54) is 25.1 Å². The summed E-state index contributed by atoms with van der Waals surface area (Å²) >= 11 is 4.56. The van der Waals surface area contributed by atoms with Crippen LogP contribution in [0, 0.1) is 3.57 Å². The van der Waals surface area contributed by atoms with Crippen LogP contribution in [0.3, 0.4) is 0 Å². The van der Waals surface area contributed by atoms with Crippen molar-refractivity contribution in [2.75, 3.05) is 0 Å². The van der Waals surface area contributed by atoms with E-state index in [4.69, 9.17) is 0 Å². The van der Waals surface area contributed by atoms with E-state index >= 15 is 0 Å². The van der Waals surface area contributed by atoms with Gasteiger partial charge in [-0.1, -0.05) is 28.1 Å². The molecule has 1 unspecified atom stereocenters. The van der Waals surface area contributed by atoms with Crippen molar-refractivity contribution in [3.05, 3.63) is 32.9 Å². The molecule has 0 saturated carbocycles. The Morgan fingerprint density at radius 3 is 2.44 bits per heavy atom. The second-order valence-electron chi connectivity index (χ2n) is 3.14. The van der Waals surface area contributed by atoms with Gasteiger partial charge in [-0.3, -0.25) is 4.79 Å². The summed E-state index contributed by atoms with van der Waals surface area (Å²) in [7, 11) is 0. The number of halogens is 5. The molecular weight excluding hydrogens is 400 g/mol. The number of hydrogen-bond donors (Lipinski definition) is 0. The normalized spacial score (nSPS) is 13.6. The molecule has 0 spiro atoms. The molecule has 0 N–H and O–H groups in total. The Morgan fingerprint density at radius 1 is 1.44 bits per heavy atom. The van der Waals surface area contributed by atoms with Crippen LogP contribution in [0.1, 0.15) is 22.8 Å². The first-order chi connectivity index (χ1) is 7.25. The number of Topliss-reactive ketones (excluding diaryl/α,β-unsaturated/α-hetero) is 1. The van der Waals surface area contributed by atoms with Crippen LogP contribution in [0.4, 0.5) is 13.2 Å². The van der Waals surface area contributed by atoms with Crippen molar-refractivity contribution >= 4 is 44.3 Å². The van der Waals surface area contributed by atoms with Crippen molar-refractivity contribution in [3.8, 4) is 0 Å². The van der Waals surface area contributed by atoms with E-state index in [-0.39, 0.29) is 9.13 Å². The van der Waals surface area contributed by atoms with Gasteiger partial charge in [-0.2, -0.15) is 13.2 Å². The van der Waals surface area contributed by atoms with Crippen LogP contribution in [-0.4, -0.2) is 10.6 Å². The number of carbonyl (C=O) groups excluding carboxylic acids is 1. The first-order valence-corrected chi connectivity index (χ1v) is 6.28. The summed E-state index contributed by atoms with van der Waals surface area (Å²) in [6.45, 7) is 1.50. The van der Waals surface area contributed by atoms with Crippen molar-refractivity contribution in [1.82, 2.24) is 0 Å². The molecule has 1 rings (SSSR count). The second-order valence-corrected chi connectivity index (χ2v) is 5.68. The van der Waals surface area contributed by atoms with Crippen molar-refractivity contribution < 1.29 is 18.0 Å². The van der Waals surface area contributed by atoms with Crippen LogP contribution >= 0.6 is 38.5 Å². The summed E-state index contributed by atoms with van der Waals surface area (Å²) in [6, 6.07) is 3.98. The van der Waals surface area contributed by atoms with Crippen LogP contribution in [0.2, 0.25) is 0 Å². The quantitative estimate of drug-likeness (QED) is 0.407. The molecule has 88 valence electrons. The summed E-state index contributed by atoms with van der Waals surface area (Å²) < 4.78 is 38.3. The Morgan fingerprint density at radius 2 is 2.00 bits per heavy atom. The molecule has 6 heteroatoms. The smallest absolute Gasteiger partial charge is 0.293 e. The monoisotopic (exact) mass is 406 g/mol. The van der Waals surface area contributed by atoms with Crippen LogP contribution in [0.15, 0.2) is 18.2 Å². The molecule has 0 aliphatic heterocycles. The van der Waals surface area contributed by atoms with Gasteiger partial charge in [-0.15, -0.1) is 0 Å². The van der Waals surface area contributed by atoms with E-state index in [0.29, 0.717) is 0 Å². The molecule has 0 heterocycles. The average molecular weight is 407 g/mol. The minimum Gasteiger partial charge on any atom is -0.293 e. The van der Waals surface area contributed by atoms with Crippen LogP contribution in [0.5, 0.6) is 0 Å². The molecule has 0 fully saturated rings. The molecule has 0 radical (unpaired) electrons. The van der Waals surface area contributed by atoms with Gasteiger partial charge in [-0.25, -0.2) is 0 Å². The van der Waals surface area contributed by atoms with Gasteiger partial charge >= 0.3 is 6.18 Å². The standard InChI is InChI=1S/C10H7BrF3IO/c1-5(11)9(16)6-3-2-4-7(15)8(6)10(12,13)14/h2-5H,1H3. The molecule has 0 saturated heterocycles. The maximum atomic E-state index is 12.8. The Hall–Kier alpha value is -0.110. The van der Waals surface area contributed by atoms with Gasteiger partial charge in [0.2, 0.25) is 0 Å². The fourth-order valence-electron chi connectivity index (χ4n) is 1.23. The molecule has 0 aliphatic carbocycles. The number of alkyl halides is 4. The van der Waals surface area contributed by atoms with Gasteiger partial charge in [0.1, 0.15) is 0 Å². The van der Waals surface area contributed by atoms with E-state index in [1.807, 2.05) is 0 Å². The Balaban J connectivity index is 3.41. The van der Waals surface area contributed by atoms with Gasteiger partial charge in [0.15, 0.2) is 5.78 Å². The molecule has 0 amide bonds. The maximum Gasteiger partial charge on any atom is 0.418 e. The predicted molar refractivity (Wildman–Crippen MR) is 66.9 cm³/mol. The zero-order valence-electron chi connectivity index (χ0n) is 8.11. The van der Waals surface area contributed by atoms with Crippen LogP contribution in [-0.2, 0) is 6.18 Å². The second kappa shape index (κ2) is 5.03. The molecule has 1 aromatic rings. The first kappa shape index (κ1) is 14.0. The average Bonchev–Trinajstić information content (AvgIpc) is 2.14. The third kappa shape index (κ3) is 2.97. The third-order valence-electron chi connectivity index (χ3n) is 1.92. The minimum atomic E-state index is -4.51. The highest BCUT2D eigenvalue weighted by atomic mass is 127. The Kier molecular flexibility index (Phi) is 4.39. The number of hydrogen-bond acceptors (Lipinski definition) is 1. The van der Waals surface area contributed by atoms with Crippen molar-refractivity contribution in [2.24, 2.45) is 0 Å². The number of carbonyl (C=O) groups is 1. The van der Waals surface area contributed by atoms with E-state index in [9.17, 15) is 18.0 Å². The van der Waals surface area contributed by atoms with Crippen LogP contribution < -0.4 is 0 Å². The van der Waals surface area contributed by atoms with Crippen molar-refractivity contribution in [1.29, 1.82) is 0 Å². The summed E-state index contributed by atoms with van der Waals surface area (Å²) in [6.07, 6.45) is -4.51. The third-order valence-corrected chi connectivity index (χ3v) is 3.24. The van der Waals surface area contributed by atoms with Gasteiger partial charge in [0.25, 0.3) is 0 Å². The highest BCUT2D eigenvalue weighted by Crippen LogP contribution is 2.36. The van der Waals surface area contributed by atoms with E-state index in [2.05, 4.69) is 15.9 Å². The minimum absolute atomic E-state index is 0.0316. The lowest BCUT2D eigenvalue weighted by atomic mass is 10.0. The van der Waals surface area contributed by atoms with E-state index in [1.54, 1.807) is 22.6 Å². The fourth-order valence-corrected chi connectivity index (χ4v) is 2.28. The molecule has 0 bridgehead atoms. The van der Waals surface area contributed by atoms with E-state index in [0.717, 1.165) is 0 Å². The van der Waals surface area contributed by atoms with Gasteiger partial charge < -0.3 is 0 Å². The lowest BCUT2D eigenvalue weighted by Gasteiger charge is -2.14.